The number of ether oxygens (including phenoxy) is 1. The van der Waals surface area contributed by atoms with Gasteiger partial charge in [-0.2, -0.15) is 0 Å². The topological polar surface area (TPSA) is 21.3 Å². The van der Waals surface area contributed by atoms with Gasteiger partial charge in [0.05, 0.1) is 13.2 Å². The molecule has 1 aliphatic heterocycles. The molecule has 1 N–H and O–H groups in total. The zero-order valence-corrected chi connectivity index (χ0v) is 10.5. The molecule has 16 heavy (non-hydrogen) atoms. The summed E-state index contributed by atoms with van der Waals surface area (Å²) >= 11 is 0. The van der Waals surface area contributed by atoms with Gasteiger partial charge in [0, 0.05) is 18.5 Å². The van der Waals surface area contributed by atoms with Crippen molar-refractivity contribution in [1.29, 1.82) is 0 Å². The number of nitrogens with one attached hydrogen (secondary N) is 1. The fourth-order valence-electron chi connectivity index (χ4n) is 2.10. The molecule has 1 aromatic rings. The number of hydrogen-bond acceptors (Lipinski definition) is 2. The SMILES string of the molecule is Cc1ccc(CNCC2(C)COC2)c(C)c1. The van der Waals surface area contributed by atoms with E-state index in [9.17, 15) is 0 Å². The molecule has 0 unspecified atom stereocenters. The summed E-state index contributed by atoms with van der Waals surface area (Å²) in [5.41, 5.74) is 4.47. The predicted molar refractivity (Wildman–Crippen MR) is 66.5 cm³/mol. The van der Waals surface area contributed by atoms with Crippen molar-refractivity contribution in [3.8, 4) is 0 Å². The van der Waals surface area contributed by atoms with Crippen LogP contribution in [-0.2, 0) is 11.3 Å². The second-order valence-electron chi connectivity index (χ2n) is 5.34. The summed E-state index contributed by atoms with van der Waals surface area (Å²) in [4.78, 5) is 0. The molecule has 0 amide bonds. The van der Waals surface area contributed by atoms with Crippen molar-refractivity contribution in [2.24, 2.45) is 5.41 Å². The average molecular weight is 219 g/mol. The molecule has 2 rings (SSSR count). The Bertz CT molecular complexity index is 369. The van der Waals surface area contributed by atoms with Crippen LogP contribution in [0, 0.1) is 19.3 Å². The minimum atomic E-state index is 0.360. The van der Waals surface area contributed by atoms with Crippen LogP contribution in [0.25, 0.3) is 0 Å². The third-order valence-electron chi connectivity index (χ3n) is 3.27. The molecule has 0 atom stereocenters. The molecule has 1 aliphatic rings. The summed E-state index contributed by atoms with van der Waals surface area (Å²) in [5.74, 6) is 0. The van der Waals surface area contributed by atoms with Crippen molar-refractivity contribution >= 4 is 0 Å². The first-order valence-corrected chi connectivity index (χ1v) is 5.94. The third kappa shape index (κ3) is 2.63. The average Bonchev–Trinajstić information content (AvgIpc) is 2.19. The van der Waals surface area contributed by atoms with Gasteiger partial charge < -0.3 is 10.1 Å². The van der Waals surface area contributed by atoms with E-state index in [0.717, 1.165) is 26.3 Å². The van der Waals surface area contributed by atoms with Crippen LogP contribution < -0.4 is 5.32 Å². The van der Waals surface area contributed by atoms with Crippen molar-refractivity contribution in [2.75, 3.05) is 19.8 Å². The lowest BCUT2D eigenvalue weighted by Gasteiger charge is -2.38. The van der Waals surface area contributed by atoms with E-state index in [1.165, 1.54) is 16.7 Å². The van der Waals surface area contributed by atoms with Gasteiger partial charge in [0.25, 0.3) is 0 Å². The van der Waals surface area contributed by atoms with Crippen LogP contribution in [0.3, 0.4) is 0 Å². The van der Waals surface area contributed by atoms with Gasteiger partial charge in [0.15, 0.2) is 0 Å². The van der Waals surface area contributed by atoms with Crippen LogP contribution in [0.4, 0.5) is 0 Å². The van der Waals surface area contributed by atoms with Crippen molar-refractivity contribution in [3.05, 3.63) is 34.9 Å². The Labute approximate surface area is 98.0 Å². The van der Waals surface area contributed by atoms with E-state index in [0.29, 0.717) is 5.41 Å². The summed E-state index contributed by atoms with van der Waals surface area (Å²) in [7, 11) is 0. The maximum absolute atomic E-state index is 5.24. The van der Waals surface area contributed by atoms with Gasteiger partial charge >= 0.3 is 0 Å². The number of benzene rings is 1. The molecule has 1 fully saturated rings. The van der Waals surface area contributed by atoms with Gasteiger partial charge in [-0.05, 0) is 25.0 Å². The van der Waals surface area contributed by atoms with Gasteiger partial charge in [-0.25, -0.2) is 0 Å². The van der Waals surface area contributed by atoms with Crippen LogP contribution in [0.2, 0.25) is 0 Å². The predicted octanol–water partition coefficient (Wildman–Crippen LogP) is 2.43. The minimum Gasteiger partial charge on any atom is -0.380 e. The van der Waals surface area contributed by atoms with Gasteiger partial charge in [-0.1, -0.05) is 30.7 Å². The number of rotatable bonds is 4. The maximum Gasteiger partial charge on any atom is 0.0554 e. The van der Waals surface area contributed by atoms with Gasteiger partial charge in [-0.15, -0.1) is 0 Å². The largest absolute Gasteiger partial charge is 0.380 e. The normalized spacial score (nSPS) is 18.2. The molecule has 2 nitrogen and oxygen atoms in total. The zero-order chi connectivity index (χ0) is 11.6. The summed E-state index contributed by atoms with van der Waals surface area (Å²) in [5, 5.41) is 3.52. The molecule has 88 valence electrons. The monoisotopic (exact) mass is 219 g/mol. The first kappa shape index (κ1) is 11.6. The van der Waals surface area contributed by atoms with Gasteiger partial charge in [0.2, 0.25) is 0 Å². The lowest BCUT2D eigenvalue weighted by atomic mass is 9.88. The standard InChI is InChI=1S/C14H21NO/c1-11-4-5-13(12(2)6-11)7-15-8-14(3)9-16-10-14/h4-6,15H,7-10H2,1-3H3. The molecule has 1 aromatic carbocycles. The lowest BCUT2D eigenvalue weighted by molar-refractivity contribution is -0.0991. The highest BCUT2D eigenvalue weighted by molar-refractivity contribution is 5.30. The molecule has 0 aliphatic carbocycles. The third-order valence-corrected chi connectivity index (χ3v) is 3.27. The van der Waals surface area contributed by atoms with Gasteiger partial charge in [0.1, 0.15) is 0 Å². The second kappa shape index (κ2) is 4.56. The van der Waals surface area contributed by atoms with E-state index in [1.54, 1.807) is 0 Å². The molecule has 0 saturated carbocycles. The van der Waals surface area contributed by atoms with E-state index in [1.807, 2.05) is 0 Å². The van der Waals surface area contributed by atoms with E-state index in [-0.39, 0.29) is 0 Å². The Morgan fingerprint density at radius 3 is 2.62 bits per heavy atom. The summed E-state index contributed by atoms with van der Waals surface area (Å²) < 4.78 is 5.24. The van der Waals surface area contributed by atoms with Crippen molar-refractivity contribution in [1.82, 2.24) is 5.32 Å². The van der Waals surface area contributed by atoms with Crippen LogP contribution in [0.5, 0.6) is 0 Å². The van der Waals surface area contributed by atoms with Crippen LogP contribution >= 0.6 is 0 Å². The molecule has 0 spiro atoms. The van der Waals surface area contributed by atoms with E-state index in [4.69, 9.17) is 4.74 Å². The summed E-state index contributed by atoms with van der Waals surface area (Å²) in [6, 6.07) is 6.64. The number of aryl methyl sites for hydroxylation is 2. The quantitative estimate of drug-likeness (QED) is 0.839. The Hall–Kier alpha value is -0.860. The zero-order valence-electron chi connectivity index (χ0n) is 10.5. The molecule has 1 heterocycles. The van der Waals surface area contributed by atoms with Crippen LogP contribution in [-0.4, -0.2) is 19.8 Å². The number of hydrogen-bond donors (Lipinski definition) is 1. The van der Waals surface area contributed by atoms with Crippen LogP contribution in [0.1, 0.15) is 23.6 Å². The molecule has 1 saturated heterocycles. The van der Waals surface area contributed by atoms with E-state index < -0.39 is 0 Å². The van der Waals surface area contributed by atoms with E-state index >= 15 is 0 Å². The molecular weight excluding hydrogens is 198 g/mol. The first-order chi connectivity index (χ1) is 7.59. The Morgan fingerprint density at radius 1 is 1.31 bits per heavy atom. The first-order valence-electron chi connectivity index (χ1n) is 5.94. The molecule has 2 heteroatoms. The molecule has 0 radical (unpaired) electrons. The minimum absolute atomic E-state index is 0.360. The van der Waals surface area contributed by atoms with E-state index in [2.05, 4.69) is 44.3 Å². The van der Waals surface area contributed by atoms with Gasteiger partial charge in [-0.3, -0.25) is 0 Å². The highest BCUT2D eigenvalue weighted by Gasteiger charge is 2.32. The molecule has 0 bridgehead atoms. The Kier molecular flexibility index (Phi) is 3.31. The van der Waals surface area contributed by atoms with Crippen molar-refractivity contribution in [2.45, 2.75) is 27.3 Å². The maximum atomic E-state index is 5.24. The molecular formula is C14H21NO. The smallest absolute Gasteiger partial charge is 0.0554 e. The highest BCUT2D eigenvalue weighted by atomic mass is 16.5. The lowest BCUT2D eigenvalue weighted by Crippen LogP contribution is -2.47. The van der Waals surface area contributed by atoms with Crippen molar-refractivity contribution < 1.29 is 4.74 Å². The van der Waals surface area contributed by atoms with Crippen molar-refractivity contribution in [3.63, 3.8) is 0 Å². The Balaban J connectivity index is 1.85. The summed E-state index contributed by atoms with van der Waals surface area (Å²) in [6.07, 6.45) is 0. The second-order valence-corrected chi connectivity index (χ2v) is 5.34. The van der Waals surface area contributed by atoms with Crippen LogP contribution in [0.15, 0.2) is 18.2 Å². The Morgan fingerprint density at radius 2 is 2.06 bits per heavy atom. The fraction of sp³-hybridized carbons (Fsp3) is 0.571. The summed E-state index contributed by atoms with van der Waals surface area (Å²) in [6.45, 7) is 10.4. The fourth-order valence-corrected chi connectivity index (χ4v) is 2.10. The highest BCUT2D eigenvalue weighted by Crippen LogP contribution is 2.25. The molecule has 0 aromatic heterocycles.